The van der Waals surface area contributed by atoms with Crippen molar-refractivity contribution in [2.75, 3.05) is 13.2 Å². The Balaban J connectivity index is 1.32. The van der Waals surface area contributed by atoms with E-state index in [1.807, 2.05) is 6.07 Å². The molecule has 1 aliphatic heterocycles. The molecule has 0 atom stereocenters. The zero-order chi connectivity index (χ0) is 23.5. The molecule has 176 valence electrons. The molecule has 0 amide bonds. The van der Waals surface area contributed by atoms with Gasteiger partial charge in [0, 0.05) is 31.0 Å². The number of aromatic nitrogens is 3. The lowest BCUT2D eigenvalue weighted by Crippen LogP contribution is -2.16. The van der Waals surface area contributed by atoms with Crippen LogP contribution in [0.2, 0.25) is 0 Å². The van der Waals surface area contributed by atoms with E-state index >= 15 is 0 Å². The monoisotopic (exact) mass is 471 g/mol. The van der Waals surface area contributed by atoms with Crippen molar-refractivity contribution in [2.45, 2.75) is 31.7 Å². The molecule has 2 aromatic carbocycles. The second-order valence-corrected chi connectivity index (χ2v) is 7.84. The van der Waals surface area contributed by atoms with E-state index in [1.54, 1.807) is 36.5 Å². The molecule has 0 saturated carbocycles. The molecule has 2 aromatic heterocycles. The maximum Gasteiger partial charge on any atom is 0.573 e. The van der Waals surface area contributed by atoms with Gasteiger partial charge in [-0.15, -0.1) is 13.2 Å². The van der Waals surface area contributed by atoms with Crippen molar-refractivity contribution in [3.05, 3.63) is 66.2 Å². The van der Waals surface area contributed by atoms with Crippen molar-refractivity contribution in [3.63, 3.8) is 0 Å². The van der Waals surface area contributed by atoms with Crippen molar-refractivity contribution < 1.29 is 31.9 Å². The Morgan fingerprint density at radius 2 is 1.74 bits per heavy atom. The van der Waals surface area contributed by atoms with Gasteiger partial charge in [-0.2, -0.15) is 0 Å². The summed E-state index contributed by atoms with van der Waals surface area (Å²) in [5, 5.41) is 4.63. The van der Waals surface area contributed by atoms with Crippen LogP contribution in [-0.2, 0) is 11.3 Å². The molecule has 3 heterocycles. The topological polar surface area (TPSA) is 79.5 Å². The first kappa shape index (κ1) is 22.1. The molecule has 10 heteroatoms. The highest BCUT2D eigenvalue weighted by Crippen LogP contribution is 2.32. The molecule has 1 fully saturated rings. The molecule has 7 nitrogen and oxygen atoms in total. The van der Waals surface area contributed by atoms with Crippen molar-refractivity contribution in [3.8, 4) is 22.8 Å². The molecule has 34 heavy (non-hydrogen) atoms. The Bertz CT molecular complexity index is 1270. The predicted molar refractivity (Wildman–Crippen MR) is 115 cm³/mol. The number of alkyl halides is 3. The van der Waals surface area contributed by atoms with Gasteiger partial charge in [0.25, 0.3) is 5.88 Å². The Labute approximate surface area is 192 Å². The minimum Gasteiger partial charge on any atom is -0.467 e. The van der Waals surface area contributed by atoms with Crippen LogP contribution in [0.15, 0.2) is 59.3 Å². The van der Waals surface area contributed by atoms with Crippen LogP contribution in [0.5, 0.6) is 11.6 Å². The third kappa shape index (κ3) is 5.12. The molecule has 0 N–H and O–H groups in total. The summed E-state index contributed by atoms with van der Waals surface area (Å²) in [5.41, 5.74) is 2.96. The van der Waals surface area contributed by atoms with Crippen LogP contribution in [0.1, 0.15) is 30.3 Å². The Hall–Kier alpha value is -3.66. The van der Waals surface area contributed by atoms with Gasteiger partial charge in [-0.1, -0.05) is 18.2 Å². The van der Waals surface area contributed by atoms with Gasteiger partial charge in [-0.25, -0.2) is 9.97 Å². The van der Waals surface area contributed by atoms with Crippen LogP contribution in [0.3, 0.4) is 0 Å². The molecule has 0 aliphatic carbocycles. The minimum atomic E-state index is -4.73. The molecular formula is C24H20F3N3O4. The van der Waals surface area contributed by atoms with E-state index < -0.39 is 6.36 Å². The summed E-state index contributed by atoms with van der Waals surface area (Å²) in [6.07, 6.45) is -1.15. The number of benzene rings is 2. The van der Waals surface area contributed by atoms with Gasteiger partial charge in [-0.05, 0) is 59.5 Å². The summed E-state index contributed by atoms with van der Waals surface area (Å²) in [6, 6.07) is 12.9. The highest BCUT2D eigenvalue weighted by Gasteiger charge is 2.31. The quantitative estimate of drug-likeness (QED) is 0.359. The van der Waals surface area contributed by atoms with E-state index in [1.165, 1.54) is 12.1 Å². The Kier molecular flexibility index (Phi) is 6.06. The maximum absolute atomic E-state index is 12.4. The molecule has 0 bridgehead atoms. The van der Waals surface area contributed by atoms with Crippen molar-refractivity contribution in [1.29, 1.82) is 0 Å². The third-order valence-corrected chi connectivity index (χ3v) is 5.56. The van der Waals surface area contributed by atoms with Crippen LogP contribution in [-0.4, -0.2) is 34.7 Å². The summed E-state index contributed by atoms with van der Waals surface area (Å²) in [7, 11) is 0. The maximum atomic E-state index is 12.4. The van der Waals surface area contributed by atoms with Crippen LogP contribution in [0.25, 0.3) is 22.1 Å². The molecule has 0 unspecified atom stereocenters. The highest BCUT2D eigenvalue weighted by molar-refractivity contribution is 5.87. The summed E-state index contributed by atoms with van der Waals surface area (Å²) < 4.78 is 57.7. The number of rotatable bonds is 6. The molecule has 4 aromatic rings. The van der Waals surface area contributed by atoms with E-state index in [-0.39, 0.29) is 18.2 Å². The van der Waals surface area contributed by atoms with Gasteiger partial charge in [0.05, 0.1) is 5.39 Å². The largest absolute Gasteiger partial charge is 0.573 e. The first-order valence-corrected chi connectivity index (χ1v) is 10.7. The lowest BCUT2D eigenvalue weighted by Gasteiger charge is -2.21. The van der Waals surface area contributed by atoms with E-state index in [0.29, 0.717) is 28.3 Å². The van der Waals surface area contributed by atoms with E-state index in [4.69, 9.17) is 14.0 Å². The second kappa shape index (κ2) is 9.30. The first-order valence-electron chi connectivity index (χ1n) is 10.7. The van der Waals surface area contributed by atoms with E-state index in [0.717, 1.165) is 37.3 Å². The van der Waals surface area contributed by atoms with Crippen LogP contribution in [0.4, 0.5) is 13.2 Å². The fraction of sp³-hybridized carbons (Fsp3) is 0.292. The predicted octanol–water partition coefficient (Wildman–Crippen LogP) is 5.66. The van der Waals surface area contributed by atoms with E-state index in [2.05, 4.69) is 19.9 Å². The standard InChI is InChI=1S/C24H20F3N3O4/c25-24(26,27)33-18-4-1-15(2-5-18)17-3-6-21-19(13-17)23(30-34-21)32-14-22-28-10-7-20(29-22)16-8-11-31-12-9-16/h1-7,10,13,16H,8-9,11-12,14H2. The lowest BCUT2D eigenvalue weighted by atomic mass is 9.96. The molecule has 0 spiro atoms. The average Bonchev–Trinajstić information content (AvgIpc) is 3.25. The molecule has 1 saturated heterocycles. The smallest absolute Gasteiger partial charge is 0.467 e. The Morgan fingerprint density at radius 3 is 2.50 bits per heavy atom. The second-order valence-electron chi connectivity index (χ2n) is 7.84. The zero-order valence-electron chi connectivity index (χ0n) is 17.9. The van der Waals surface area contributed by atoms with Crippen LogP contribution >= 0.6 is 0 Å². The zero-order valence-corrected chi connectivity index (χ0v) is 17.9. The van der Waals surface area contributed by atoms with Gasteiger partial charge < -0.3 is 18.7 Å². The van der Waals surface area contributed by atoms with Gasteiger partial charge in [-0.3, -0.25) is 0 Å². The van der Waals surface area contributed by atoms with Gasteiger partial charge in [0.15, 0.2) is 11.4 Å². The van der Waals surface area contributed by atoms with Gasteiger partial charge in [0.1, 0.15) is 12.4 Å². The van der Waals surface area contributed by atoms with Crippen LogP contribution in [0, 0.1) is 0 Å². The highest BCUT2D eigenvalue weighted by atomic mass is 19.4. The SMILES string of the molecule is FC(F)(F)Oc1ccc(-c2ccc3onc(OCc4nccc(C5CCOCC5)n4)c3c2)cc1. The number of fused-ring (bicyclic) bond motifs is 1. The fourth-order valence-electron chi connectivity index (χ4n) is 3.89. The molecule has 5 rings (SSSR count). The molecular weight excluding hydrogens is 451 g/mol. The Morgan fingerprint density at radius 1 is 0.971 bits per heavy atom. The number of ether oxygens (including phenoxy) is 3. The minimum absolute atomic E-state index is 0.117. The summed E-state index contributed by atoms with van der Waals surface area (Å²) >= 11 is 0. The first-order chi connectivity index (χ1) is 16.4. The summed E-state index contributed by atoms with van der Waals surface area (Å²) in [6.45, 7) is 1.57. The number of hydrogen-bond acceptors (Lipinski definition) is 7. The van der Waals surface area contributed by atoms with Crippen molar-refractivity contribution in [1.82, 2.24) is 15.1 Å². The third-order valence-electron chi connectivity index (χ3n) is 5.56. The van der Waals surface area contributed by atoms with Crippen LogP contribution < -0.4 is 9.47 Å². The normalized spacial score (nSPS) is 14.9. The fourth-order valence-corrected chi connectivity index (χ4v) is 3.89. The summed E-state index contributed by atoms with van der Waals surface area (Å²) in [4.78, 5) is 8.93. The van der Waals surface area contributed by atoms with Crippen molar-refractivity contribution in [2.24, 2.45) is 0 Å². The number of halogens is 3. The van der Waals surface area contributed by atoms with E-state index in [9.17, 15) is 13.2 Å². The average molecular weight is 471 g/mol. The van der Waals surface area contributed by atoms with Crippen molar-refractivity contribution >= 4 is 11.0 Å². The lowest BCUT2D eigenvalue weighted by molar-refractivity contribution is -0.274. The van der Waals surface area contributed by atoms with Gasteiger partial charge >= 0.3 is 6.36 Å². The molecule has 0 radical (unpaired) electrons. The van der Waals surface area contributed by atoms with Gasteiger partial charge in [0.2, 0.25) is 0 Å². The summed E-state index contributed by atoms with van der Waals surface area (Å²) in [5.74, 6) is 0.888. The number of hydrogen-bond donors (Lipinski definition) is 0. The molecule has 1 aliphatic rings. The number of nitrogens with zero attached hydrogens (tertiary/aromatic N) is 3.